The summed E-state index contributed by atoms with van der Waals surface area (Å²) in [5.74, 6) is 0.403. The predicted octanol–water partition coefficient (Wildman–Crippen LogP) is 4.23. The second-order valence-corrected chi connectivity index (χ2v) is 10.2. The highest BCUT2D eigenvalue weighted by Gasteiger charge is 2.31. The lowest BCUT2D eigenvalue weighted by molar-refractivity contribution is -0.124. The first-order chi connectivity index (χ1) is 15.7. The number of hydrogen-bond donors (Lipinski definition) is 2. The third kappa shape index (κ3) is 6.24. The molecule has 1 aromatic carbocycles. The molecule has 4 rings (SSSR count). The summed E-state index contributed by atoms with van der Waals surface area (Å²) in [4.78, 5) is 32.3. The summed E-state index contributed by atoms with van der Waals surface area (Å²) in [6, 6.07) is 9.28. The Morgan fingerprint density at radius 2 is 1.85 bits per heavy atom. The summed E-state index contributed by atoms with van der Waals surface area (Å²) in [6.07, 6.45) is 6.35. The van der Waals surface area contributed by atoms with Gasteiger partial charge in [-0.05, 0) is 75.6 Å². The monoisotopic (exact) mass is 450 g/mol. The van der Waals surface area contributed by atoms with Gasteiger partial charge in [0, 0.05) is 25.3 Å². The fourth-order valence-electron chi connectivity index (χ4n) is 4.21. The van der Waals surface area contributed by atoms with Crippen LogP contribution < -0.4 is 15.5 Å². The van der Waals surface area contributed by atoms with Gasteiger partial charge >= 0.3 is 6.09 Å². The molecular formula is C26H34N4O3. The van der Waals surface area contributed by atoms with Crippen molar-refractivity contribution < 1.29 is 14.3 Å². The van der Waals surface area contributed by atoms with Crippen LogP contribution >= 0.6 is 0 Å². The van der Waals surface area contributed by atoms with Crippen LogP contribution in [0, 0.1) is 6.92 Å². The van der Waals surface area contributed by atoms with E-state index in [4.69, 9.17) is 4.74 Å². The smallest absolute Gasteiger partial charge is 0.408 e. The third-order valence-electron chi connectivity index (χ3n) is 6.00. The lowest BCUT2D eigenvalue weighted by Crippen LogP contribution is -2.46. The fourth-order valence-corrected chi connectivity index (χ4v) is 4.21. The molecule has 2 heterocycles. The Morgan fingerprint density at radius 3 is 2.48 bits per heavy atom. The van der Waals surface area contributed by atoms with Crippen LogP contribution in [0.25, 0.3) is 0 Å². The molecule has 33 heavy (non-hydrogen) atoms. The minimum absolute atomic E-state index is 0.00770. The summed E-state index contributed by atoms with van der Waals surface area (Å²) in [5.41, 5.74) is 3.56. The van der Waals surface area contributed by atoms with Gasteiger partial charge in [-0.3, -0.25) is 9.78 Å². The molecule has 7 nitrogen and oxygen atoms in total. The van der Waals surface area contributed by atoms with Crippen LogP contribution in [-0.2, 0) is 9.53 Å². The van der Waals surface area contributed by atoms with Gasteiger partial charge in [0.05, 0.1) is 11.9 Å². The highest BCUT2D eigenvalue weighted by atomic mass is 16.6. The van der Waals surface area contributed by atoms with E-state index in [0.29, 0.717) is 12.5 Å². The van der Waals surface area contributed by atoms with Gasteiger partial charge in [-0.1, -0.05) is 24.3 Å². The molecule has 1 saturated carbocycles. The zero-order valence-electron chi connectivity index (χ0n) is 19.9. The maximum Gasteiger partial charge on any atom is 0.408 e. The van der Waals surface area contributed by atoms with Crippen LogP contribution in [0.2, 0.25) is 0 Å². The number of pyridine rings is 1. The van der Waals surface area contributed by atoms with E-state index in [0.717, 1.165) is 29.8 Å². The number of aryl methyl sites for hydroxylation is 1. The number of amides is 2. The molecular weight excluding hydrogens is 416 g/mol. The Morgan fingerprint density at radius 1 is 1.12 bits per heavy atom. The summed E-state index contributed by atoms with van der Waals surface area (Å²) in [7, 11) is 0. The van der Waals surface area contributed by atoms with E-state index >= 15 is 0 Å². The molecule has 1 aromatic heterocycles. The summed E-state index contributed by atoms with van der Waals surface area (Å²) >= 11 is 0. The number of carbonyl (C=O) groups excluding carboxylic acids is 2. The maximum absolute atomic E-state index is 13.3. The first-order valence-corrected chi connectivity index (χ1v) is 11.7. The van der Waals surface area contributed by atoms with Gasteiger partial charge in [0.1, 0.15) is 11.6 Å². The average Bonchev–Trinajstić information content (AvgIpc) is 3.50. The van der Waals surface area contributed by atoms with Crippen molar-refractivity contribution in [3.8, 4) is 0 Å². The van der Waals surface area contributed by atoms with E-state index in [1.54, 1.807) is 20.8 Å². The quantitative estimate of drug-likeness (QED) is 0.688. The van der Waals surface area contributed by atoms with E-state index in [9.17, 15) is 9.59 Å². The Balaban J connectivity index is 1.45. The zero-order valence-corrected chi connectivity index (χ0v) is 19.9. The van der Waals surface area contributed by atoms with Crippen LogP contribution in [0.3, 0.4) is 0 Å². The van der Waals surface area contributed by atoms with Crippen molar-refractivity contribution in [3.63, 3.8) is 0 Å². The minimum Gasteiger partial charge on any atom is -0.444 e. The number of nitrogens with one attached hydrogen (secondary N) is 2. The fraction of sp³-hybridized carbons (Fsp3) is 0.500. The van der Waals surface area contributed by atoms with Gasteiger partial charge in [-0.15, -0.1) is 0 Å². The van der Waals surface area contributed by atoms with Crippen LogP contribution in [0.4, 0.5) is 10.5 Å². The Hall–Kier alpha value is -3.09. The lowest BCUT2D eigenvalue weighted by Gasteiger charge is -2.25. The molecule has 0 radical (unpaired) electrons. The summed E-state index contributed by atoms with van der Waals surface area (Å²) in [5, 5.41) is 5.92. The van der Waals surface area contributed by atoms with E-state index in [-0.39, 0.29) is 11.9 Å². The van der Waals surface area contributed by atoms with Crippen molar-refractivity contribution in [2.75, 3.05) is 18.0 Å². The SMILES string of the molecule is Cc1cncc(N2CC[C@@H](NC(=O)C(NC(=O)OC(C)(C)C)c3ccc(C4CC4)cc3)C2)c1. The molecule has 1 unspecified atom stereocenters. The number of anilines is 1. The van der Waals surface area contributed by atoms with Crippen molar-refractivity contribution in [2.45, 2.75) is 70.6 Å². The summed E-state index contributed by atoms with van der Waals surface area (Å²) < 4.78 is 5.42. The van der Waals surface area contributed by atoms with Crippen molar-refractivity contribution in [3.05, 3.63) is 59.4 Å². The van der Waals surface area contributed by atoms with Crippen molar-refractivity contribution in [2.24, 2.45) is 0 Å². The highest BCUT2D eigenvalue weighted by molar-refractivity contribution is 5.87. The van der Waals surface area contributed by atoms with Crippen LogP contribution in [0.5, 0.6) is 0 Å². The number of hydrogen-bond acceptors (Lipinski definition) is 5. The first kappa shape index (κ1) is 23.1. The van der Waals surface area contributed by atoms with E-state index in [1.807, 2.05) is 31.5 Å². The second-order valence-electron chi connectivity index (χ2n) is 10.2. The molecule has 7 heteroatoms. The lowest BCUT2D eigenvalue weighted by atomic mass is 10.0. The molecule has 1 aliphatic carbocycles. The molecule has 1 saturated heterocycles. The van der Waals surface area contributed by atoms with Crippen LogP contribution in [0.15, 0.2) is 42.7 Å². The molecule has 2 atom stereocenters. The Kier molecular flexibility index (Phi) is 6.58. The molecule has 1 aliphatic heterocycles. The normalized spacial score (nSPS) is 19.2. The predicted molar refractivity (Wildman–Crippen MR) is 128 cm³/mol. The van der Waals surface area contributed by atoms with Crippen molar-refractivity contribution in [1.82, 2.24) is 15.6 Å². The Labute approximate surface area is 195 Å². The van der Waals surface area contributed by atoms with Gasteiger partial charge in [0.25, 0.3) is 0 Å². The van der Waals surface area contributed by atoms with Gasteiger partial charge in [-0.2, -0.15) is 0 Å². The molecule has 0 bridgehead atoms. The standard InChI is InChI=1S/C26H34N4O3/c1-17-13-22(15-27-14-17)30-12-11-21(16-30)28-24(31)23(29-25(32)33-26(2,3)4)20-9-7-19(8-10-20)18-5-6-18/h7-10,13-15,18,21,23H,5-6,11-12,16H2,1-4H3,(H,28,31)(H,29,32)/t21-,23?/m1/s1. The number of aromatic nitrogens is 1. The number of ether oxygens (including phenoxy) is 1. The van der Waals surface area contributed by atoms with Crippen LogP contribution in [0.1, 0.15) is 68.7 Å². The number of rotatable bonds is 6. The first-order valence-electron chi connectivity index (χ1n) is 11.7. The molecule has 2 aromatic rings. The number of nitrogens with zero attached hydrogens (tertiary/aromatic N) is 2. The van der Waals surface area contributed by atoms with Gasteiger partial charge < -0.3 is 20.3 Å². The second kappa shape index (κ2) is 9.41. The van der Waals surface area contributed by atoms with E-state index in [1.165, 1.54) is 18.4 Å². The minimum atomic E-state index is -0.817. The number of carbonyl (C=O) groups is 2. The Bertz CT molecular complexity index is 995. The van der Waals surface area contributed by atoms with Crippen LogP contribution in [-0.4, -0.2) is 41.7 Å². The molecule has 2 N–H and O–H groups in total. The topological polar surface area (TPSA) is 83.6 Å². The molecule has 176 valence electrons. The largest absolute Gasteiger partial charge is 0.444 e. The zero-order chi connectivity index (χ0) is 23.6. The van der Waals surface area contributed by atoms with E-state index < -0.39 is 17.7 Å². The molecule has 2 fully saturated rings. The van der Waals surface area contributed by atoms with Gasteiger partial charge in [-0.25, -0.2) is 4.79 Å². The van der Waals surface area contributed by atoms with Gasteiger partial charge in [0.2, 0.25) is 5.91 Å². The molecule has 2 amide bonds. The van der Waals surface area contributed by atoms with Crippen molar-refractivity contribution in [1.29, 1.82) is 0 Å². The number of alkyl carbamates (subject to hydrolysis) is 1. The van der Waals surface area contributed by atoms with Crippen molar-refractivity contribution >= 4 is 17.7 Å². The molecule has 0 spiro atoms. The molecule has 2 aliphatic rings. The number of benzene rings is 1. The maximum atomic E-state index is 13.3. The average molecular weight is 451 g/mol. The third-order valence-corrected chi connectivity index (χ3v) is 6.00. The van der Waals surface area contributed by atoms with Gasteiger partial charge in [0.15, 0.2) is 0 Å². The van der Waals surface area contributed by atoms with E-state index in [2.05, 4.69) is 38.7 Å². The summed E-state index contributed by atoms with van der Waals surface area (Å²) in [6.45, 7) is 8.98. The highest BCUT2D eigenvalue weighted by Crippen LogP contribution is 2.40.